The van der Waals surface area contributed by atoms with Gasteiger partial charge in [-0.1, -0.05) is 23.4 Å². The van der Waals surface area contributed by atoms with Crippen molar-refractivity contribution in [2.45, 2.75) is 6.92 Å². The first-order valence-corrected chi connectivity index (χ1v) is 5.75. The lowest BCUT2D eigenvalue weighted by Gasteiger charge is -2.06. The van der Waals surface area contributed by atoms with Gasteiger partial charge < -0.3 is 19.7 Å². The fourth-order valence-corrected chi connectivity index (χ4v) is 1.52. The largest absolute Gasteiger partial charge is 0.490 e. The Balaban J connectivity index is 1.79. The molecular weight excluding hydrogens is 248 g/mol. The minimum absolute atomic E-state index is 0.0357. The second-order valence-electron chi connectivity index (χ2n) is 3.80. The molecule has 0 saturated heterocycles. The van der Waals surface area contributed by atoms with Crippen LogP contribution in [0.4, 0.5) is 5.88 Å². The predicted octanol–water partition coefficient (Wildman–Crippen LogP) is 1.80. The molecule has 0 saturated carbocycles. The van der Waals surface area contributed by atoms with Crippen molar-refractivity contribution in [2.75, 3.05) is 18.9 Å². The summed E-state index contributed by atoms with van der Waals surface area (Å²) >= 11 is 0. The number of nitrogen functional groups attached to an aromatic ring is 1. The van der Waals surface area contributed by atoms with E-state index in [1.165, 1.54) is 0 Å². The monoisotopic (exact) mass is 262 g/mol. The smallest absolute Gasteiger partial charge is 0.345 e. The van der Waals surface area contributed by atoms with Gasteiger partial charge in [0.05, 0.1) is 5.69 Å². The summed E-state index contributed by atoms with van der Waals surface area (Å²) in [5.41, 5.74) is 6.05. The van der Waals surface area contributed by atoms with Crippen molar-refractivity contribution in [3.05, 3.63) is 41.6 Å². The second-order valence-corrected chi connectivity index (χ2v) is 3.80. The number of aryl methyl sites for hydroxylation is 1. The molecule has 0 aliphatic heterocycles. The third kappa shape index (κ3) is 3.25. The van der Waals surface area contributed by atoms with Crippen LogP contribution in [0.3, 0.4) is 0 Å². The van der Waals surface area contributed by atoms with Crippen molar-refractivity contribution >= 4 is 11.9 Å². The summed E-state index contributed by atoms with van der Waals surface area (Å²) in [5, 5.41) is 3.58. The number of esters is 1. The van der Waals surface area contributed by atoms with E-state index in [-0.39, 0.29) is 24.7 Å². The van der Waals surface area contributed by atoms with Crippen molar-refractivity contribution in [3.8, 4) is 5.75 Å². The molecule has 1 aromatic heterocycles. The zero-order valence-electron chi connectivity index (χ0n) is 10.5. The van der Waals surface area contributed by atoms with E-state index in [2.05, 4.69) is 9.68 Å². The van der Waals surface area contributed by atoms with Crippen molar-refractivity contribution in [1.29, 1.82) is 0 Å². The lowest BCUT2D eigenvalue weighted by atomic mass is 10.2. The van der Waals surface area contributed by atoms with Crippen molar-refractivity contribution in [3.63, 3.8) is 0 Å². The Labute approximate surface area is 110 Å². The van der Waals surface area contributed by atoms with E-state index in [0.717, 1.165) is 5.75 Å². The molecule has 6 heteroatoms. The number of carbonyl (C=O) groups is 1. The van der Waals surface area contributed by atoms with Gasteiger partial charge >= 0.3 is 5.97 Å². The molecule has 0 amide bonds. The number of rotatable bonds is 5. The molecule has 0 aliphatic carbocycles. The van der Waals surface area contributed by atoms with Gasteiger partial charge in [-0.15, -0.1) is 0 Å². The first-order valence-electron chi connectivity index (χ1n) is 5.75. The molecule has 0 aliphatic rings. The zero-order valence-corrected chi connectivity index (χ0v) is 10.5. The van der Waals surface area contributed by atoms with Gasteiger partial charge in [0, 0.05) is 0 Å². The highest BCUT2D eigenvalue weighted by atomic mass is 16.6. The van der Waals surface area contributed by atoms with Crippen molar-refractivity contribution < 1.29 is 18.8 Å². The standard InChI is InChI=1S/C13H14N2O4/c1-9-11(12(14)19-15-9)13(16)18-8-7-17-10-5-3-2-4-6-10/h2-6H,7-8,14H2,1H3. The van der Waals surface area contributed by atoms with E-state index in [4.69, 9.17) is 15.2 Å². The van der Waals surface area contributed by atoms with Crippen LogP contribution in [0.25, 0.3) is 0 Å². The van der Waals surface area contributed by atoms with Crippen LogP contribution in [0.2, 0.25) is 0 Å². The van der Waals surface area contributed by atoms with Crippen LogP contribution in [0.15, 0.2) is 34.9 Å². The summed E-state index contributed by atoms with van der Waals surface area (Å²) in [6.07, 6.45) is 0. The molecule has 1 aromatic carbocycles. The molecule has 2 aromatic rings. The van der Waals surface area contributed by atoms with Crippen LogP contribution in [0.5, 0.6) is 5.75 Å². The topological polar surface area (TPSA) is 87.6 Å². The Morgan fingerprint density at radius 1 is 1.32 bits per heavy atom. The van der Waals surface area contributed by atoms with Crippen LogP contribution in [0, 0.1) is 6.92 Å². The van der Waals surface area contributed by atoms with Gasteiger partial charge in [-0.25, -0.2) is 4.79 Å². The van der Waals surface area contributed by atoms with Crippen LogP contribution >= 0.6 is 0 Å². The van der Waals surface area contributed by atoms with Crippen LogP contribution in [-0.4, -0.2) is 24.3 Å². The average molecular weight is 262 g/mol. The maximum absolute atomic E-state index is 11.7. The molecule has 0 unspecified atom stereocenters. The van der Waals surface area contributed by atoms with Crippen LogP contribution in [0.1, 0.15) is 16.1 Å². The number of carbonyl (C=O) groups excluding carboxylic acids is 1. The quantitative estimate of drug-likeness (QED) is 0.653. The molecule has 0 atom stereocenters. The van der Waals surface area contributed by atoms with Gasteiger partial charge in [-0.3, -0.25) is 0 Å². The number of aromatic nitrogens is 1. The highest BCUT2D eigenvalue weighted by Gasteiger charge is 2.19. The molecule has 0 bridgehead atoms. The van der Waals surface area contributed by atoms with Gasteiger partial charge in [-0.2, -0.15) is 0 Å². The van der Waals surface area contributed by atoms with E-state index >= 15 is 0 Å². The minimum atomic E-state index is -0.562. The third-order valence-electron chi connectivity index (χ3n) is 2.42. The number of nitrogens with zero attached hydrogens (tertiary/aromatic N) is 1. The summed E-state index contributed by atoms with van der Waals surface area (Å²) in [6.45, 7) is 2.01. The molecule has 0 radical (unpaired) electrons. The first kappa shape index (κ1) is 12.9. The maximum atomic E-state index is 11.7. The molecule has 2 N–H and O–H groups in total. The van der Waals surface area contributed by atoms with Gasteiger partial charge in [0.1, 0.15) is 24.5 Å². The Morgan fingerprint density at radius 3 is 2.68 bits per heavy atom. The normalized spacial score (nSPS) is 10.2. The van der Waals surface area contributed by atoms with Crippen molar-refractivity contribution in [1.82, 2.24) is 5.16 Å². The lowest BCUT2D eigenvalue weighted by Crippen LogP contribution is -2.13. The van der Waals surface area contributed by atoms with E-state index in [9.17, 15) is 4.79 Å². The molecule has 6 nitrogen and oxygen atoms in total. The summed E-state index contributed by atoms with van der Waals surface area (Å²) in [4.78, 5) is 11.7. The Kier molecular flexibility index (Phi) is 4.02. The molecule has 2 rings (SSSR count). The lowest BCUT2D eigenvalue weighted by molar-refractivity contribution is 0.0450. The van der Waals surface area contributed by atoms with Crippen LogP contribution < -0.4 is 10.5 Å². The highest BCUT2D eigenvalue weighted by Crippen LogP contribution is 2.16. The van der Waals surface area contributed by atoms with Crippen LogP contribution in [-0.2, 0) is 4.74 Å². The Hall–Kier alpha value is -2.50. The maximum Gasteiger partial charge on any atom is 0.345 e. The SMILES string of the molecule is Cc1noc(N)c1C(=O)OCCOc1ccccc1. The summed E-state index contributed by atoms with van der Waals surface area (Å²) < 4.78 is 15.1. The highest BCUT2D eigenvalue weighted by molar-refractivity contribution is 5.94. The van der Waals surface area contributed by atoms with Crippen molar-refractivity contribution in [2.24, 2.45) is 0 Å². The van der Waals surface area contributed by atoms with Gasteiger partial charge in [-0.05, 0) is 19.1 Å². The number of ether oxygens (including phenoxy) is 2. The Bertz CT molecular complexity index is 532. The van der Waals surface area contributed by atoms with E-state index < -0.39 is 5.97 Å². The molecule has 0 fully saturated rings. The molecule has 19 heavy (non-hydrogen) atoms. The van der Waals surface area contributed by atoms with E-state index in [0.29, 0.717) is 5.69 Å². The number of anilines is 1. The number of hydrogen-bond acceptors (Lipinski definition) is 6. The summed E-state index contributed by atoms with van der Waals surface area (Å²) in [5.74, 6) is 0.124. The number of hydrogen-bond donors (Lipinski definition) is 1. The predicted molar refractivity (Wildman–Crippen MR) is 67.9 cm³/mol. The first-order chi connectivity index (χ1) is 9.18. The molecule has 100 valence electrons. The Morgan fingerprint density at radius 2 is 2.05 bits per heavy atom. The number of para-hydroxylation sites is 1. The molecule has 0 spiro atoms. The minimum Gasteiger partial charge on any atom is -0.490 e. The molecule has 1 heterocycles. The average Bonchev–Trinajstić information content (AvgIpc) is 2.75. The summed E-state index contributed by atoms with van der Waals surface area (Å²) in [7, 11) is 0. The van der Waals surface area contributed by atoms with Gasteiger partial charge in [0.15, 0.2) is 0 Å². The fourth-order valence-electron chi connectivity index (χ4n) is 1.52. The summed E-state index contributed by atoms with van der Waals surface area (Å²) in [6, 6.07) is 9.27. The molecular formula is C13H14N2O4. The second kappa shape index (κ2) is 5.90. The number of nitrogens with two attached hydrogens (primary N) is 1. The fraction of sp³-hybridized carbons (Fsp3) is 0.231. The third-order valence-corrected chi connectivity index (χ3v) is 2.42. The van der Waals surface area contributed by atoms with E-state index in [1.54, 1.807) is 6.92 Å². The van der Waals surface area contributed by atoms with Gasteiger partial charge in [0.25, 0.3) is 0 Å². The number of benzene rings is 1. The van der Waals surface area contributed by atoms with E-state index in [1.807, 2.05) is 30.3 Å². The van der Waals surface area contributed by atoms with Gasteiger partial charge in [0.2, 0.25) is 5.88 Å². The zero-order chi connectivity index (χ0) is 13.7.